The Morgan fingerprint density at radius 1 is 1.31 bits per heavy atom. The molecule has 0 aliphatic rings. The Labute approximate surface area is 87.1 Å². The number of hydrogen-bond acceptors (Lipinski definition) is 1. The third-order valence-electron chi connectivity index (χ3n) is 1.30. The second-order valence-corrected chi connectivity index (χ2v) is 3.67. The van der Waals surface area contributed by atoms with Crippen molar-refractivity contribution in [1.82, 2.24) is 0 Å². The minimum absolute atomic E-state index is 0. The lowest BCUT2D eigenvalue weighted by atomic mass is 10.4. The van der Waals surface area contributed by atoms with Gasteiger partial charge < -0.3 is 16.9 Å². The molecule has 0 saturated heterocycles. The van der Waals surface area contributed by atoms with Gasteiger partial charge in [0.05, 0.1) is 27.7 Å². The summed E-state index contributed by atoms with van der Waals surface area (Å²) in [5.74, 6) is -1.19. The molecule has 0 aromatic rings. The molecule has 1 radical (unpaired) electrons. The van der Waals surface area contributed by atoms with Gasteiger partial charge in [0.25, 0.3) is 0 Å². The SMILES string of the molecule is C=C(C)C([O])=O.CC[N+](C)(C)C.[Cl-]. The molecule has 0 aliphatic carbocycles. The topological polar surface area (TPSA) is 37.0 Å². The number of rotatable bonds is 2. The first-order valence-electron chi connectivity index (χ1n) is 3.88. The van der Waals surface area contributed by atoms with Gasteiger partial charge in [0.15, 0.2) is 0 Å². The lowest BCUT2D eigenvalue weighted by molar-refractivity contribution is -0.868. The summed E-state index contributed by atoms with van der Waals surface area (Å²) in [5.41, 5.74) is 0.0648. The molecule has 0 rings (SSSR count). The van der Waals surface area contributed by atoms with Crippen LogP contribution in [-0.2, 0) is 9.90 Å². The first kappa shape index (κ1) is 18.3. The molecule has 0 heterocycles. The van der Waals surface area contributed by atoms with Crippen molar-refractivity contribution in [1.29, 1.82) is 0 Å². The van der Waals surface area contributed by atoms with Crippen LogP contribution in [0.4, 0.5) is 0 Å². The van der Waals surface area contributed by atoms with Crippen LogP contribution in [-0.4, -0.2) is 38.1 Å². The number of quaternary nitrogens is 1. The number of hydrogen-bond donors (Lipinski definition) is 0. The van der Waals surface area contributed by atoms with Gasteiger partial charge in [-0.05, 0) is 13.8 Å². The average molecular weight is 209 g/mol. The van der Waals surface area contributed by atoms with Gasteiger partial charge in [-0.3, -0.25) is 0 Å². The molecule has 0 fully saturated rings. The summed E-state index contributed by atoms with van der Waals surface area (Å²) in [4.78, 5) is 9.49. The zero-order chi connectivity index (χ0) is 10.4. The van der Waals surface area contributed by atoms with E-state index in [4.69, 9.17) is 0 Å². The Balaban J connectivity index is -0.000000143. The van der Waals surface area contributed by atoms with Gasteiger partial charge in [0.2, 0.25) is 0 Å². The maximum Gasteiger partial charge on any atom is 0.381 e. The fourth-order valence-electron chi connectivity index (χ4n) is 0. The Hall–Kier alpha value is -0.540. The molecule has 0 atom stereocenters. The van der Waals surface area contributed by atoms with E-state index in [0.29, 0.717) is 0 Å². The van der Waals surface area contributed by atoms with E-state index < -0.39 is 5.97 Å². The molecule has 0 aliphatic heterocycles. The van der Waals surface area contributed by atoms with Crippen LogP contribution in [0.2, 0.25) is 0 Å². The molecule has 0 N–H and O–H groups in total. The second kappa shape index (κ2) is 8.08. The van der Waals surface area contributed by atoms with Crippen LogP contribution in [0.25, 0.3) is 0 Å². The fourth-order valence-corrected chi connectivity index (χ4v) is 0. The number of carbonyl (C=O) groups is 1. The van der Waals surface area contributed by atoms with Gasteiger partial charge in [0, 0.05) is 5.57 Å². The number of nitrogens with zero attached hydrogens (tertiary/aromatic N) is 1. The Morgan fingerprint density at radius 3 is 1.46 bits per heavy atom. The van der Waals surface area contributed by atoms with Crippen molar-refractivity contribution < 1.29 is 26.8 Å². The Bertz CT molecular complexity index is 149. The van der Waals surface area contributed by atoms with E-state index in [1.54, 1.807) is 0 Å². The van der Waals surface area contributed by atoms with Crippen LogP contribution in [0.5, 0.6) is 0 Å². The lowest BCUT2D eigenvalue weighted by Gasteiger charge is -2.20. The largest absolute Gasteiger partial charge is 1.00 e. The minimum Gasteiger partial charge on any atom is -1.00 e. The second-order valence-electron chi connectivity index (χ2n) is 3.67. The monoisotopic (exact) mass is 208 g/mol. The van der Waals surface area contributed by atoms with Crippen molar-refractivity contribution in [3.8, 4) is 0 Å². The van der Waals surface area contributed by atoms with Crippen molar-refractivity contribution in [2.75, 3.05) is 27.7 Å². The summed E-state index contributed by atoms with van der Waals surface area (Å²) in [5, 5.41) is 9.49. The van der Waals surface area contributed by atoms with Gasteiger partial charge in [-0.25, -0.2) is 9.90 Å². The molecular weight excluding hydrogens is 190 g/mol. The Kier molecular flexibility index (Phi) is 11.4. The highest BCUT2D eigenvalue weighted by Crippen LogP contribution is 1.83. The van der Waals surface area contributed by atoms with Crippen LogP contribution in [0.15, 0.2) is 12.2 Å². The van der Waals surface area contributed by atoms with E-state index in [0.717, 1.165) is 4.48 Å². The van der Waals surface area contributed by atoms with E-state index in [1.807, 2.05) is 0 Å². The van der Waals surface area contributed by atoms with Crippen molar-refractivity contribution in [3.05, 3.63) is 12.2 Å². The molecule has 0 amide bonds. The van der Waals surface area contributed by atoms with Gasteiger partial charge in [-0.2, -0.15) is 0 Å². The summed E-state index contributed by atoms with van der Waals surface area (Å²) in [6.07, 6.45) is 0. The smallest absolute Gasteiger partial charge is 0.381 e. The lowest BCUT2D eigenvalue weighted by Crippen LogP contribution is -3.00. The number of halogens is 1. The quantitative estimate of drug-likeness (QED) is 0.391. The third-order valence-corrected chi connectivity index (χ3v) is 1.30. The molecule has 0 aromatic carbocycles. The molecule has 0 aromatic heterocycles. The van der Waals surface area contributed by atoms with Crippen molar-refractivity contribution >= 4 is 5.97 Å². The van der Waals surface area contributed by atoms with Crippen LogP contribution in [0.3, 0.4) is 0 Å². The summed E-state index contributed by atoms with van der Waals surface area (Å²) in [7, 11) is 6.54. The fraction of sp³-hybridized carbons (Fsp3) is 0.667. The van der Waals surface area contributed by atoms with E-state index in [9.17, 15) is 9.90 Å². The normalized spacial score (nSPS) is 9.00. The molecule has 0 spiro atoms. The van der Waals surface area contributed by atoms with Crippen molar-refractivity contribution in [2.45, 2.75) is 13.8 Å². The third kappa shape index (κ3) is 24.6. The van der Waals surface area contributed by atoms with Crippen molar-refractivity contribution in [2.24, 2.45) is 0 Å². The summed E-state index contributed by atoms with van der Waals surface area (Å²) < 4.78 is 1.07. The molecule has 0 saturated carbocycles. The van der Waals surface area contributed by atoms with Gasteiger partial charge >= 0.3 is 5.97 Å². The zero-order valence-corrected chi connectivity index (χ0v) is 9.81. The summed E-state index contributed by atoms with van der Waals surface area (Å²) in [6, 6.07) is 0. The summed E-state index contributed by atoms with van der Waals surface area (Å²) in [6.45, 7) is 7.87. The van der Waals surface area contributed by atoms with Crippen LogP contribution < -0.4 is 12.4 Å². The maximum absolute atomic E-state index is 9.49. The molecule has 4 heteroatoms. The van der Waals surface area contributed by atoms with Gasteiger partial charge in [0.1, 0.15) is 0 Å². The molecule has 3 nitrogen and oxygen atoms in total. The predicted molar refractivity (Wildman–Crippen MR) is 49.1 cm³/mol. The first-order chi connectivity index (χ1) is 5.20. The maximum atomic E-state index is 9.49. The van der Waals surface area contributed by atoms with Crippen molar-refractivity contribution in [3.63, 3.8) is 0 Å². The van der Waals surface area contributed by atoms with Gasteiger partial charge in [-0.1, -0.05) is 6.58 Å². The van der Waals surface area contributed by atoms with Crippen LogP contribution in [0.1, 0.15) is 13.8 Å². The molecule has 13 heavy (non-hydrogen) atoms. The van der Waals surface area contributed by atoms with E-state index in [2.05, 4.69) is 34.6 Å². The zero-order valence-electron chi connectivity index (χ0n) is 9.06. The highest BCUT2D eigenvalue weighted by atomic mass is 35.5. The molecule has 0 unspecified atom stereocenters. The van der Waals surface area contributed by atoms with Gasteiger partial charge in [-0.15, -0.1) is 0 Å². The number of carbonyl (C=O) groups excluding carboxylic acids is 1. The predicted octanol–water partition coefficient (Wildman–Crippen LogP) is -1.76. The van der Waals surface area contributed by atoms with E-state index >= 15 is 0 Å². The first-order valence-corrected chi connectivity index (χ1v) is 3.88. The van der Waals surface area contributed by atoms with E-state index in [1.165, 1.54) is 13.5 Å². The molecule has 79 valence electrons. The summed E-state index contributed by atoms with van der Waals surface area (Å²) >= 11 is 0. The standard InChI is InChI=1S/C5H14N.C4H5O2.ClH/c1-5-6(2,3)4;1-3(2)4(5)6;/h5H2,1-4H3;1H2,2H3;1H/q+1;;/p-1. The minimum atomic E-state index is -1.19. The average Bonchev–Trinajstić information content (AvgIpc) is 1.87. The molecular formula is C9H19ClNO2. The van der Waals surface area contributed by atoms with Crippen LogP contribution >= 0.6 is 0 Å². The highest BCUT2D eigenvalue weighted by molar-refractivity contribution is 5.84. The van der Waals surface area contributed by atoms with E-state index in [-0.39, 0.29) is 18.0 Å². The molecule has 0 bridgehead atoms. The van der Waals surface area contributed by atoms with Crippen LogP contribution in [0, 0.1) is 0 Å². The highest BCUT2D eigenvalue weighted by Gasteiger charge is 1.97. The Morgan fingerprint density at radius 2 is 1.46 bits per heavy atom.